The Morgan fingerprint density at radius 2 is 2.05 bits per heavy atom. The standard InChI is InChI=1S/C14H13BrN2O2/c15-13-7-10(5-6-17-13)8-16-9-11-3-1-2-4-12(11)14(18)19/h1-7,16H,8-9H2,(H,18,19). The van der Waals surface area contributed by atoms with Gasteiger partial charge in [0.15, 0.2) is 0 Å². The molecule has 2 rings (SSSR count). The first kappa shape index (κ1) is 13.7. The third kappa shape index (κ3) is 3.87. The van der Waals surface area contributed by atoms with E-state index >= 15 is 0 Å². The highest BCUT2D eigenvalue weighted by Crippen LogP contribution is 2.10. The zero-order valence-electron chi connectivity index (χ0n) is 10.1. The smallest absolute Gasteiger partial charge is 0.336 e. The fraction of sp³-hybridized carbons (Fsp3) is 0.143. The average Bonchev–Trinajstić information content (AvgIpc) is 2.39. The van der Waals surface area contributed by atoms with Gasteiger partial charge in [0.1, 0.15) is 4.60 Å². The molecule has 0 fully saturated rings. The molecule has 1 aromatic heterocycles. The van der Waals surface area contributed by atoms with Crippen LogP contribution >= 0.6 is 15.9 Å². The summed E-state index contributed by atoms with van der Waals surface area (Å²) in [6.07, 6.45) is 1.73. The Kier molecular flexibility index (Phi) is 4.65. The molecule has 2 aromatic rings. The minimum absolute atomic E-state index is 0.339. The molecule has 0 radical (unpaired) electrons. The summed E-state index contributed by atoms with van der Waals surface area (Å²) in [6.45, 7) is 1.18. The summed E-state index contributed by atoms with van der Waals surface area (Å²) in [6, 6.07) is 10.8. The van der Waals surface area contributed by atoms with E-state index in [-0.39, 0.29) is 0 Å². The number of aromatic carboxylic acids is 1. The van der Waals surface area contributed by atoms with Gasteiger partial charge in [0.25, 0.3) is 0 Å². The van der Waals surface area contributed by atoms with Crippen molar-refractivity contribution in [2.75, 3.05) is 0 Å². The van der Waals surface area contributed by atoms with Gasteiger partial charge < -0.3 is 10.4 Å². The van der Waals surface area contributed by atoms with E-state index in [0.29, 0.717) is 18.7 Å². The van der Waals surface area contributed by atoms with Gasteiger partial charge in [0.2, 0.25) is 0 Å². The van der Waals surface area contributed by atoms with E-state index in [1.54, 1.807) is 18.3 Å². The van der Waals surface area contributed by atoms with Crippen molar-refractivity contribution >= 4 is 21.9 Å². The second kappa shape index (κ2) is 6.45. The van der Waals surface area contributed by atoms with Crippen molar-refractivity contribution < 1.29 is 9.90 Å². The Hall–Kier alpha value is -1.72. The van der Waals surface area contributed by atoms with Crippen molar-refractivity contribution in [2.24, 2.45) is 0 Å². The molecule has 0 saturated heterocycles. The second-order valence-corrected chi connectivity index (χ2v) is 4.87. The minimum Gasteiger partial charge on any atom is -0.478 e. The van der Waals surface area contributed by atoms with Crippen LogP contribution in [0.4, 0.5) is 0 Å². The molecule has 0 amide bonds. The third-order valence-electron chi connectivity index (χ3n) is 2.68. The predicted molar refractivity (Wildman–Crippen MR) is 75.9 cm³/mol. The van der Waals surface area contributed by atoms with Crippen LogP contribution in [0.2, 0.25) is 0 Å². The minimum atomic E-state index is -0.899. The van der Waals surface area contributed by atoms with Crippen molar-refractivity contribution in [3.05, 3.63) is 63.9 Å². The van der Waals surface area contributed by atoms with Crippen LogP contribution < -0.4 is 5.32 Å². The van der Waals surface area contributed by atoms with Gasteiger partial charge in [-0.2, -0.15) is 0 Å². The van der Waals surface area contributed by atoms with E-state index in [1.807, 2.05) is 24.3 Å². The molecule has 0 saturated carbocycles. The number of carboxylic acid groups (broad SMARTS) is 1. The maximum Gasteiger partial charge on any atom is 0.336 e. The SMILES string of the molecule is O=C(O)c1ccccc1CNCc1ccnc(Br)c1. The second-order valence-electron chi connectivity index (χ2n) is 4.05. The number of halogens is 1. The van der Waals surface area contributed by atoms with E-state index in [2.05, 4.69) is 26.2 Å². The highest BCUT2D eigenvalue weighted by atomic mass is 79.9. The average molecular weight is 321 g/mol. The fourth-order valence-electron chi connectivity index (χ4n) is 1.78. The quantitative estimate of drug-likeness (QED) is 0.831. The Morgan fingerprint density at radius 1 is 1.26 bits per heavy atom. The lowest BCUT2D eigenvalue weighted by molar-refractivity contribution is 0.0695. The van der Waals surface area contributed by atoms with Crippen LogP contribution in [0.25, 0.3) is 0 Å². The number of hydrogen-bond donors (Lipinski definition) is 2. The number of rotatable bonds is 5. The monoisotopic (exact) mass is 320 g/mol. The van der Waals surface area contributed by atoms with Crippen molar-refractivity contribution in [1.29, 1.82) is 0 Å². The molecule has 1 heterocycles. The number of nitrogens with zero attached hydrogens (tertiary/aromatic N) is 1. The number of aromatic nitrogens is 1. The molecule has 0 aliphatic carbocycles. The van der Waals surface area contributed by atoms with Gasteiger partial charge >= 0.3 is 5.97 Å². The number of nitrogens with one attached hydrogen (secondary N) is 1. The molecule has 4 nitrogen and oxygen atoms in total. The maximum atomic E-state index is 11.1. The largest absolute Gasteiger partial charge is 0.478 e. The predicted octanol–water partition coefficient (Wildman–Crippen LogP) is 2.83. The number of benzene rings is 1. The Labute approximate surface area is 119 Å². The molecular weight excluding hydrogens is 308 g/mol. The molecule has 98 valence electrons. The lowest BCUT2D eigenvalue weighted by Gasteiger charge is -2.08. The molecule has 0 atom stereocenters. The summed E-state index contributed by atoms with van der Waals surface area (Å²) in [4.78, 5) is 15.1. The first-order chi connectivity index (χ1) is 9.16. The summed E-state index contributed by atoms with van der Waals surface area (Å²) in [5, 5.41) is 12.3. The molecule has 0 unspecified atom stereocenters. The summed E-state index contributed by atoms with van der Waals surface area (Å²) in [7, 11) is 0. The van der Waals surface area contributed by atoms with E-state index < -0.39 is 5.97 Å². The Balaban J connectivity index is 1.98. The van der Waals surface area contributed by atoms with Crippen molar-refractivity contribution in [3.63, 3.8) is 0 Å². The normalized spacial score (nSPS) is 10.4. The van der Waals surface area contributed by atoms with Crippen LogP contribution in [-0.2, 0) is 13.1 Å². The summed E-state index contributed by atoms with van der Waals surface area (Å²) >= 11 is 3.31. The molecule has 2 N–H and O–H groups in total. The van der Waals surface area contributed by atoms with Gasteiger partial charge in [-0.25, -0.2) is 9.78 Å². The van der Waals surface area contributed by atoms with Crippen LogP contribution in [0.1, 0.15) is 21.5 Å². The zero-order valence-corrected chi connectivity index (χ0v) is 11.7. The first-order valence-electron chi connectivity index (χ1n) is 5.79. The molecule has 0 spiro atoms. The van der Waals surface area contributed by atoms with Gasteiger partial charge in [0.05, 0.1) is 5.56 Å². The first-order valence-corrected chi connectivity index (χ1v) is 6.58. The number of carboxylic acids is 1. The summed E-state index contributed by atoms with van der Waals surface area (Å²) < 4.78 is 0.790. The van der Waals surface area contributed by atoms with Crippen LogP contribution in [0, 0.1) is 0 Å². The zero-order chi connectivity index (χ0) is 13.7. The fourth-order valence-corrected chi connectivity index (χ4v) is 2.19. The van der Waals surface area contributed by atoms with E-state index in [9.17, 15) is 4.79 Å². The van der Waals surface area contributed by atoms with Crippen molar-refractivity contribution in [2.45, 2.75) is 13.1 Å². The van der Waals surface area contributed by atoms with Gasteiger partial charge in [-0.3, -0.25) is 0 Å². The topological polar surface area (TPSA) is 62.2 Å². The van der Waals surface area contributed by atoms with E-state index in [1.165, 1.54) is 0 Å². The summed E-state index contributed by atoms with van der Waals surface area (Å²) in [5.74, 6) is -0.899. The lowest BCUT2D eigenvalue weighted by atomic mass is 10.1. The number of hydrogen-bond acceptors (Lipinski definition) is 3. The molecule has 1 aromatic carbocycles. The van der Waals surface area contributed by atoms with Crippen molar-refractivity contribution in [3.8, 4) is 0 Å². The van der Waals surface area contributed by atoms with E-state index in [0.717, 1.165) is 15.7 Å². The summed E-state index contributed by atoms with van der Waals surface area (Å²) in [5.41, 5.74) is 2.21. The molecule has 19 heavy (non-hydrogen) atoms. The highest BCUT2D eigenvalue weighted by Gasteiger charge is 2.08. The van der Waals surface area contributed by atoms with Gasteiger partial charge in [-0.05, 0) is 45.3 Å². The molecule has 5 heteroatoms. The van der Waals surface area contributed by atoms with Crippen LogP contribution in [-0.4, -0.2) is 16.1 Å². The third-order valence-corrected chi connectivity index (χ3v) is 3.12. The Morgan fingerprint density at radius 3 is 2.79 bits per heavy atom. The van der Waals surface area contributed by atoms with Crippen LogP contribution in [0.3, 0.4) is 0 Å². The number of pyridine rings is 1. The van der Waals surface area contributed by atoms with Crippen molar-refractivity contribution in [1.82, 2.24) is 10.3 Å². The maximum absolute atomic E-state index is 11.1. The molecule has 0 bridgehead atoms. The molecular formula is C14H13BrN2O2. The molecule has 0 aliphatic heterocycles. The van der Waals surface area contributed by atoms with Gasteiger partial charge in [-0.15, -0.1) is 0 Å². The van der Waals surface area contributed by atoms with Crippen LogP contribution in [0.5, 0.6) is 0 Å². The van der Waals surface area contributed by atoms with Gasteiger partial charge in [0, 0.05) is 19.3 Å². The highest BCUT2D eigenvalue weighted by molar-refractivity contribution is 9.10. The van der Waals surface area contributed by atoms with Crippen LogP contribution in [0.15, 0.2) is 47.2 Å². The molecule has 0 aliphatic rings. The van der Waals surface area contributed by atoms with E-state index in [4.69, 9.17) is 5.11 Å². The Bertz CT molecular complexity index is 587. The number of carbonyl (C=O) groups is 1. The lowest BCUT2D eigenvalue weighted by Crippen LogP contribution is -2.15. The van der Waals surface area contributed by atoms with Gasteiger partial charge in [-0.1, -0.05) is 18.2 Å².